The summed E-state index contributed by atoms with van der Waals surface area (Å²) in [5, 5.41) is 3.73. The van der Waals surface area contributed by atoms with Gasteiger partial charge in [-0.15, -0.1) is 0 Å². The molecule has 1 aliphatic heterocycles. The van der Waals surface area contributed by atoms with Gasteiger partial charge in [-0.05, 0) is 135 Å². The number of hydrogen-bond donors (Lipinski definition) is 1. The van der Waals surface area contributed by atoms with E-state index in [1.54, 1.807) is 11.1 Å². The second-order valence-electron chi connectivity index (χ2n) is 15.5. The van der Waals surface area contributed by atoms with E-state index >= 15 is 0 Å². The Bertz CT molecular complexity index is 1220. The van der Waals surface area contributed by atoms with Crippen LogP contribution in [0.1, 0.15) is 155 Å². The number of nitrogens with one attached hydrogen (secondary N) is 1. The van der Waals surface area contributed by atoms with Gasteiger partial charge in [0, 0.05) is 30.5 Å². The third-order valence-electron chi connectivity index (χ3n) is 11.6. The van der Waals surface area contributed by atoms with Crippen LogP contribution in [0.15, 0.2) is 77.6 Å². The van der Waals surface area contributed by atoms with Gasteiger partial charge in [-0.2, -0.15) is 0 Å². The summed E-state index contributed by atoms with van der Waals surface area (Å²) in [5.41, 5.74) is 10.3. The predicted octanol–water partition coefficient (Wildman–Crippen LogP) is 12.2. The number of dihydropyridines is 1. The van der Waals surface area contributed by atoms with Gasteiger partial charge in [0.25, 0.3) is 0 Å². The van der Waals surface area contributed by atoms with Crippen molar-refractivity contribution in [3.63, 3.8) is 0 Å². The van der Waals surface area contributed by atoms with Crippen LogP contribution in [0.2, 0.25) is 0 Å². The van der Waals surface area contributed by atoms with E-state index in [2.05, 4.69) is 106 Å². The summed E-state index contributed by atoms with van der Waals surface area (Å²) in [7, 11) is 0. The highest BCUT2D eigenvalue weighted by atomic mass is 15.2. The number of benzene rings is 2. The summed E-state index contributed by atoms with van der Waals surface area (Å²) >= 11 is 0. The van der Waals surface area contributed by atoms with Crippen molar-refractivity contribution >= 4 is 0 Å². The number of hydrogen-bond acceptors (Lipinski definition) is 2. The standard InChI is InChI=1S/C42H62N2.C2H6/c1-6-12-39-38(7-2)40(24-31-43-39)44(32-25-33-13-9-8-10-14-33)37-22-20-36(21-23-37)35-18-16-34(17-19-35)15-11-26-42(5)29-27-41(3,4)28-30-42;1-2/h8-10,13-14,16-19,24,36-37,43H,6-7,11-12,15,20-23,25-32H2,1-5H3;1-2H3. The lowest BCUT2D eigenvalue weighted by Crippen LogP contribution is -2.41. The largest absolute Gasteiger partial charge is 0.385 e. The van der Waals surface area contributed by atoms with Gasteiger partial charge in [0.15, 0.2) is 0 Å². The first-order valence-electron chi connectivity index (χ1n) is 19.3. The van der Waals surface area contributed by atoms with Crippen molar-refractivity contribution in [2.24, 2.45) is 10.8 Å². The monoisotopic (exact) mass is 625 g/mol. The van der Waals surface area contributed by atoms with Gasteiger partial charge in [-0.25, -0.2) is 0 Å². The molecule has 2 aromatic carbocycles. The maximum atomic E-state index is 3.73. The lowest BCUT2D eigenvalue weighted by molar-refractivity contribution is 0.107. The predicted molar refractivity (Wildman–Crippen MR) is 201 cm³/mol. The molecule has 1 heterocycles. The average Bonchev–Trinajstić information content (AvgIpc) is 3.09. The second-order valence-corrected chi connectivity index (χ2v) is 15.5. The van der Waals surface area contributed by atoms with Crippen LogP contribution in [0.5, 0.6) is 0 Å². The molecule has 2 heteroatoms. The normalized spacial score (nSPS) is 22.3. The molecule has 254 valence electrons. The minimum Gasteiger partial charge on any atom is -0.385 e. The fourth-order valence-corrected chi connectivity index (χ4v) is 8.40. The van der Waals surface area contributed by atoms with E-state index in [4.69, 9.17) is 0 Å². The molecule has 2 saturated carbocycles. The maximum Gasteiger partial charge on any atom is 0.0395 e. The highest BCUT2D eigenvalue weighted by Crippen LogP contribution is 2.47. The number of nitrogens with zero attached hydrogens (tertiary/aromatic N) is 1. The Morgan fingerprint density at radius 1 is 0.761 bits per heavy atom. The van der Waals surface area contributed by atoms with Crippen molar-refractivity contribution in [3.05, 3.63) is 94.3 Å². The van der Waals surface area contributed by atoms with Crippen LogP contribution in [0.3, 0.4) is 0 Å². The summed E-state index contributed by atoms with van der Waals surface area (Å²) in [6.07, 6.45) is 21.8. The molecule has 2 nitrogen and oxygen atoms in total. The van der Waals surface area contributed by atoms with Gasteiger partial charge >= 0.3 is 0 Å². The smallest absolute Gasteiger partial charge is 0.0395 e. The molecule has 0 amide bonds. The average molecular weight is 625 g/mol. The molecule has 2 fully saturated rings. The molecule has 0 aromatic heterocycles. The molecule has 0 atom stereocenters. The van der Waals surface area contributed by atoms with Crippen molar-refractivity contribution in [2.75, 3.05) is 13.1 Å². The minimum atomic E-state index is 0.563. The molecular formula is C44H68N2. The molecule has 46 heavy (non-hydrogen) atoms. The molecule has 5 rings (SSSR count). The molecular weight excluding hydrogens is 556 g/mol. The Morgan fingerprint density at radius 3 is 2.04 bits per heavy atom. The summed E-state index contributed by atoms with van der Waals surface area (Å²) in [4.78, 5) is 2.83. The Morgan fingerprint density at radius 2 is 1.41 bits per heavy atom. The second kappa shape index (κ2) is 17.6. The highest BCUT2D eigenvalue weighted by molar-refractivity contribution is 5.38. The number of allylic oxidation sites excluding steroid dienone is 2. The van der Waals surface area contributed by atoms with Crippen LogP contribution in [-0.2, 0) is 12.8 Å². The molecule has 1 N–H and O–H groups in total. The zero-order valence-electron chi connectivity index (χ0n) is 30.9. The van der Waals surface area contributed by atoms with Crippen LogP contribution in [0.25, 0.3) is 0 Å². The summed E-state index contributed by atoms with van der Waals surface area (Å²) < 4.78 is 0. The van der Waals surface area contributed by atoms with Crippen LogP contribution < -0.4 is 5.32 Å². The fraction of sp³-hybridized carbons (Fsp3) is 0.636. The van der Waals surface area contributed by atoms with Gasteiger partial charge in [-0.1, -0.05) is 109 Å². The van der Waals surface area contributed by atoms with E-state index < -0.39 is 0 Å². The van der Waals surface area contributed by atoms with Gasteiger partial charge < -0.3 is 10.2 Å². The molecule has 3 aliphatic rings. The fourth-order valence-electron chi connectivity index (χ4n) is 8.40. The van der Waals surface area contributed by atoms with Crippen LogP contribution >= 0.6 is 0 Å². The lowest BCUT2D eigenvalue weighted by atomic mass is 9.64. The summed E-state index contributed by atoms with van der Waals surface area (Å²) in [6, 6.07) is 21.6. The molecule has 0 bridgehead atoms. The Balaban J connectivity index is 0.00000235. The molecule has 0 spiro atoms. The van der Waals surface area contributed by atoms with Crippen molar-refractivity contribution in [2.45, 2.75) is 157 Å². The van der Waals surface area contributed by atoms with E-state index in [9.17, 15) is 0 Å². The zero-order chi connectivity index (χ0) is 33.0. The topological polar surface area (TPSA) is 15.3 Å². The van der Waals surface area contributed by atoms with Crippen molar-refractivity contribution in [3.8, 4) is 0 Å². The van der Waals surface area contributed by atoms with E-state index in [0.717, 1.165) is 32.4 Å². The molecule has 0 unspecified atom stereocenters. The van der Waals surface area contributed by atoms with Gasteiger partial charge in [0.2, 0.25) is 0 Å². The van der Waals surface area contributed by atoms with E-state index in [0.29, 0.717) is 22.8 Å². The maximum absolute atomic E-state index is 3.73. The molecule has 2 aromatic rings. The summed E-state index contributed by atoms with van der Waals surface area (Å²) in [5.74, 6) is 0.708. The van der Waals surface area contributed by atoms with Crippen molar-refractivity contribution in [1.29, 1.82) is 0 Å². The van der Waals surface area contributed by atoms with Crippen LogP contribution in [-0.4, -0.2) is 24.0 Å². The summed E-state index contributed by atoms with van der Waals surface area (Å²) in [6.45, 7) is 18.2. The van der Waals surface area contributed by atoms with Gasteiger partial charge in [0.1, 0.15) is 0 Å². The first-order valence-corrected chi connectivity index (χ1v) is 19.3. The molecule has 2 aliphatic carbocycles. The molecule has 0 radical (unpaired) electrons. The lowest BCUT2D eigenvalue weighted by Gasteiger charge is -2.42. The number of rotatable bonds is 13. The number of aryl methyl sites for hydroxylation is 1. The Hall–Kier alpha value is -2.48. The van der Waals surface area contributed by atoms with E-state index in [-0.39, 0.29) is 0 Å². The van der Waals surface area contributed by atoms with Crippen molar-refractivity contribution < 1.29 is 0 Å². The minimum absolute atomic E-state index is 0.563. The van der Waals surface area contributed by atoms with Crippen LogP contribution in [0, 0.1) is 10.8 Å². The highest BCUT2D eigenvalue weighted by Gasteiger charge is 2.34. The van der Waals surface area contributed by atoms with Crippen molar-refractivity contribution in [1.82, 2.24) is 10.2 Å². The van der Waals surface area contributed by atoms with E-state index in [1.165, 1.54) is 99.6 Å². The Labute approximate surface area is 284 Å². The molecule has 0 saturated heterocycles. The Kier molecular flexibility index (Phi) is 13.9. The zero-order valence-corrected chi connectivity index (χ0v) is 30.9. The van der Waals surface area contributed by atoms with E-state index in [1.807, 2.05) is 13.8 Å². The third kappa shape index (κ3) is 10.0. The third-order valence-corrected chi connectivity index (χ3v) is 11.6. The van der Waals surface area contributed by atoms with Gasteiger partial charge in [-0.3, -0.25) is 0 Å². The SMILES string of the molecule is CC.CCCC1=C(CC)C(N(CCc2ccccc2)C2CCC(c3ccc(CCCC4(C)CCC(C)(C)CC4)cc3)CC2)=CCN1. The first-order chi connectivity index (χ1) is 22.3. The van der Waals surface area contributed by atoms with Gasteiger partial charge in [0.05, 0.1) is 0 Å². The quantitative estimate of drug-likeness (QED) is 0.238. The van der Waals surface area contributed by atoms with Crippen LogP contribution in [0.4, 0.5) is 0 Å². The first kappa shape index (κ1) is 36.4.